The second-order valence-corrected chi connectivity index (χ2v) is 9.54. The zero-order valence-corrected chi connectivity index (χ0v) is 20.6. The predicted molar refractivity (Wildman–Crippen MR) is 124 cm³/mol. The van der Waals surface area contributed by atoms with E-state index in [4.69, 9.17) is 9.73 Å². The second-order valence-electron chi connectivity index (χ2n) is 9.54. The van der Waals surface area contributed by atoms with Crippen LogP contribution in [0, 0.1) is 16.7 Å². The number of rotatable bonds is 7. The maximum absolute atomic E-state index is 6.10. The molecule has 0 amide bonds. The molecular weight excluding hydrogens is 439 g/mol. The molecule has 2 unspecified atom stereocenters. The monoisotopic (exact) mass is 482 g/mol. The van der Waals surface area contributed by atoms with Crippen molar-refractivity contribution in [2.24, 2.45) is 21.7 Å². The van der Waals surface area contributed by atoms with Crippen LogP contribution in [0.15, 0.2) is 4.99 Å². The van der Waals surface area contributed by atoms with Gasteiger partial charge in [0.2, 0.25) is 0 Å². The lowest BCUT2D eigenvalue weighted by Gasteiger charge is -2.40. The zero-order chi connectivity index (χ0) is 19.1. The Kier molecular flexibility index (Phi) is 11.7. The van der Waals surface area contributed by atoms with Gasteiger partial charge in [0.25, 0.3) is 0 Å². The SMILES string of the molecule is CCNC(=NCC(C)(C)CN(C)C)NCC1CCCOC1C(C)(C)C.I. The van der Waals surface area contributed by atoms with Gasteiger partial charge >= 0.3 is 0 Å². The zero-order valence-electron chi connectivity index (χ0n) is 18.3. The molecule has 26 heavy (non-hydrogen) atoms. The average Bonchev–Trinajstić information content (AvgIpc) is 2.48. The minimum Gasteiger partial charge on any atom is -0.377 e. The fourth-order valence-corrected chi connectivity index (χ4v) is 3.78. The van der Waals surface area contributed by atoms with Crippen molar-refractivity contribution in [1.29, 1.82) is 0 Å². The van der Waals surface area contributed by atoms with E-state index in [2.05, 4.69) is 71.2 Å². The van der Waals surface area contributed by atoms with Crippen LogP contribution in [0.1, 0.15) is 54.4 Å². The average molecular weight is 482 g/mol. The largest absolute Gasteiger partial charge is 0.377 e. The molecule has 1 fully saturated rings. The molecule has 0 bridgehead atoms. The van der Waals surface area contributed by atoms with Crippen LogP contribution in [0.4, 0.5) is 0 Å². The number of halogens is 1. The quantitative estimate of drug-likeness (QED) is 0.331. The first-order valence-electron chi connectivity index (χ1n) is 9.83. The lowest BCUT2D eigenvalue weighted by Crippen LogP contribution is -2.47. The molecule has 2 atom stereocenters. The molecule has 0 aromatic heterocycles. The highest BCUT2D eigenvalue weighted by Gasteiger charge is 2.35. The summed E-state index contributed by atoms with van der Waals surface area (Å²) >= 11 is 0. The van der Waals surface area contributed by atoms with Crippen LogP contribution < -0.4 is 10.6 Å². The number of hydrogen-bond acceptors (Lipinski definition) is 3. The first-order chi connectivity index (χ1) is 11.5. The molecule has 0 spiro atoms. The maximum atomic E-state index is 6.10. The molecule has 1 rings (SSSR count). The van der Waals surface area contributed by atoms with E-state index >= 15 is 0 Å². The van der Waals surface area contributed by atoms with Gasteiger partial charge in [0.05, 0.1) is 6.10 Å². The minimum absolute atomic E-state index is 0. The Labute approximate surface area is 179 Å². The van der Waals surface area contributed by atoms with E-state index in [0.717, 1.165) is 45.2 Å². The van der Waals surface area contributed by atoms with Crippen molar-refractivity contribution >= 4 is 29.9 Å². The van der Waals surface area contributed by atoms with E-state index in [1.165, 1.54) is 6.42 Å². The van der Waals surface area contributed by atoms with Crippen LogP contribution in [0.25, 0.3) is 0 Å². The molecule has 0 radical (unpaired) electrons. The lowest BCUT2D eigenvalue weighted by molar-refractivity contribution is -0.0835. The summed E-state index contributed by atoms with van der Waals surface area (Å²) < 4.78 is 6.10. The van der Waals surface area contributed by atoms with Gasteiger partial charge in [0.15, 0.2) is 5.96 Å². The molecule has 2 N–H and O–H groups in total. The summed E-state index contributed by atoms with van der Waals surface area (Å²) in [6.45, 7) is 18.0. The Morgan fingerprint density at radius 1 is 1.15 bits per heavy atom. The molecule has 1 aliphatic heterocycles. The van der Waals surface area contributed by atoms with Gasteiger partial charge in [0, 0.05) is 38.7 Å². The third-order valence-electron chi connectivity index (χ3n) is 4.58. The molecule has 1 aliphatic rings. The smallest absolute Gasteiger partial charge is 0.191 e. The van der Waals surface area contributed by atoms with Gasteiger partial charge in [-0.15, -0.1) is 24.0 Å². The van der Waals surface area contributed by atoms with Crippen molar-refractivity contribution in [3.63, 3.8) is 0 Å². The van der Waals surface area contributed by atoms with Crippen molar-refractivity contribution in [2.45, 2.75) is 60.5 Å². The van der Waals surface area contributed by atoms with Crippen molar-refractivity contribution in [3.05, 3.63) is 0 Å². The summed E-state index contributed by atoms with van der Waals surface area (Å²) in [4.78, 5) is 7.06. The van der Waals surface area contributed by atoms with Gasteiger partial charge in [-0.3, -0.25) is 4.99 Å². The molecule has 0 saturated carbocycles. The number of nitrogens with one attached hydrogen (secondary N) is 2. The molecule has 1 heterocycles. The first-order valence-corrected chi connectivity index (χ1v) is 9.83. The van der Waals surface area contributed by atoms with E-state index in [-0.39, 0.29) is 34.8 Å². The van der Waals surface area contributed by atoms with E-state index in [0.29, 0.717) is 12.0 Å². The van der Waals surface area contributed by atoms with Gasteiger partial charge < -0.3 is 20.3 Å². The summed E-state index contributed by atoms with van der Waals surface area (Å²) in [6, 6.07) is 0. The number of aliphatic imine (C=N–C) groups is 1. The van der Waals surface area contributed by atoms with Crippen LogP contribution in [-0.2, 0) is 4.74 Å². The van der Waals surface area contributed by atoms with Crippen LogP contribution in [0.5, 0.6) is 0 Å². The van der Waals surface area contributed by atoms with Crippen LogP contribution in [0.3, 0.4) is 0 Å². The van der Waals surface area contributed by atoms with Gasteiger partial charge in [-0.1, -0.05) is 34.6 Å². The summed E-state index contributed by atoms with van der Waals surface area (Å²) in [7, 11) is 4.23. The standard InChI is InChI=1S/C20H42N4O.HI/c1-9-21-18(23-14-20(5,6)15-24(7)8)22-13-16-11-10-12-25-17(16)19(2,3)4;/h16-17H,9-15H2,1-8H3,(H2,21,22,23);1H. The fraction of sp³-hybridized carbons (Fsp3) is 0.950. The highest BCUT2D eigenvalue weighted by molar-refractivity contribution is 14.0. The normalized spacial score (nSPS) is 22.1. The van der Waals surface area contributed by atoms with Crippen molar-refractivity contribution in [2.75, 3.05) is 46.9 Å². The van der Waals surface area contributed by atoms with E-state index in [1.807, 2.05) is 0 Å². The topological polar surface area (TPSA) is 48.9 Å². The molecule has 6 heteroatoms. The predicted octanol–water partition coefficient (Wildman–Crippen LogP) is 3.59. The number of nitrogens with zero attached hydrogens (tertiary/aromatic N) is 2. The van der Waals surface area contributed by atoms with Crippen LogP contribution >= 0.6 is 24.0 Å². The van der Waals surface area contributed by atoms with E-state index in [9.17, 15) is 0 Å². The van der Waals surface area contributed by atoms with Crippen LogP contribution in [0.2, 0.25) is 0 Å². The third-order valence-corrected chi connectivity index (χ3v) is 4.58. The first kappa shape index (κ1) is 25.9. The van der Waals surface area contributed by atoms with Gasteiger partial charge in [0.1, 0.15) is 0 Å². The summed E-state index contributed by atoms with van der Waals surface area (Å²) in [5.74, 6) is 1.46. The van der Waals surface area contributed by atoms with Gasteiger partial charge in [-0.2, -0.15) is 0 Å². The molecule has 0 aromatic carbocycles. The Balaban J connectivity index is 0.00000625. The molecule has 0 aromatic rings. The molecular formula is C20H43IN4O. The Morgan fingerprint density at radius 3 is 2.35 bits per heavy atom. The van der Waals surface area contributed by atoms with E-state index < -0.39 is 0 Å². The van der Waals surface area contributed by atoms with Gasteiger partial charge in [-0.05, 0) is 44.7 Å². The van der Waals surface area contributed by atoms with E-state index in [1.54, 1.807) is 0 Å². The van der Waals surface area contributed by atoms with Crippen LogP contribution in [-0.4, -0.2) is 63.8 Å². The Hall–Kier alpha value is -0.0800. The fourth-order valence-electron chi connectivity index (χ4n) is 3.78. The summed E-state index contributed by atoms with van der Waals surface area (Å²) in [6.07, 6.45) is 2.69. The third kappa shape index (κ3) is 9.74. The highest BCUT2D eigenvalue weighted by Crippen LogP contribution is 2.33. The molecule has 156 valence electrons. The number of ether oxygens (including phenoxy) is 1. The van der Waals surface area contributed by atoms with Crippen molar-refractivity contribution in [3.8, 4) is 0 Å². The maximum Gasteiger partial charge on any atom is 0.191 e. The molecule has 5 nitrogen and oxygen atoms in total. The second kappa shape index (κ2) is 11.7. The molecule has 1 saturated heterocycles. The highest BCUT2D eigenvalue weighted by atomic mass is 127. The Bertz CT molecular complexity index is 419. The number of hydrogen-bond donors (Lipinski definition) is 2. The lowest BCUT2D eigenvalue weighted by atomic mass is 9.78. The summed E-state index contributed by atoms with van der Waals surface area (Å²) in [5, 5.41) is 6.95. The van der Waals surface area contributed by atoms with Crippen molar-refractivity contribution < 1.29 is 4.74 Å². The van der Waals surface area contributed by atoms with Gasteiger partial charge in [-0.25, -0.2) is 0 Å². The van der Waals surface area contributed by atoms with Crippen molar-refractivity contribution in [1.82, 2.24) is 15.5 Å². The summed E-state index contributed by atoms with van der Waals surface area (Å²) in [5.41, 5.74) is 0.337. The Morgan fingerprint density at radius 2 is 1.81 bits per heavy atom. The molecule has 0 aliphatic carbocycles. The number of guanidine groups is 1. The minimum atomic E-state index is 0.